The molecule has 2 aromatic rings. The van der Waals surface area contributed by atoms with Crippen molar-refractivity contribution in [3.05, 3.63) is 54.1 Å². The number of amidine groups is 1. The average Bonchev–Trinajstić information content (AvgIpc) is 2.83. The Bertz CT molecular complexity index is 1020. The van der Waals surface area contributed by atoms with Crippen LogP contribution in [0.1, 0.15) is 38.7 Å². The van der Waals surface area contributed by atoms with Crippen LogP contribution in [0.25, 0.3) is 0 Å². The van der Waals surface area contributed by atoms with Crippen molar-refractivity contribution in [1.29, 1.82) is 0 Å². The van der Waals surface area contributed by atoms with Crippen LogP contribution in [0.2, 0.25) is 0 Å². The summed E-state index contributed by atoms with van der Waals surface area (Å²) in [6, 6.07) is 14.6. The molecule has 9 heteroatoms. The lowest BCUT2D eigenvalue weighted by Crippen LogP contribution is -2.41. The van der Waals surface area contributed by atoms with Gasteiger partial charge >= 0.3 is 0 Å². The minimum atomic E-state index is -0.602. The fourth-order valence-corrected chi connectivity index (χ4v) is 3.87. The maximum absolute atomic E-state index is 12.7. The zero-order valence-electron chi connectivity index (χ0n) is 19.0. The first-order chi connectivity index (χ1) is 16.0. The van der Waals surface area contributed by atoms with E-state index in [1.807, 2.05) is 43.3 Å². The number of hydrogen-bond acceptors (Lipinski definition) is 7. The summed E-state index contributed by atoms with van der Waals surface area (Å²) in [4.78, 5) is 24.9. The second kappa shape index (κ2) is 12.1. The number of carbonyl (C=O) groups is 2. The van der Waals surface area contributed by atoms with Crippen molar-refractivity contribution < 1.29 is 19.1 Å². The van der Waals surface area contributed by atoms with Crippen molar-refractivity contribution in [3.8, 4) is 11.5 Å². The molecule has 0 aliphatic carbocycles. The lowest BCUT2D eigenvalue weighted by atomic mass is 10.1. The zero-order chi connectivity index (χ0) is 23.6. The topological polar surface area (TPSA) is 101 Å². The SMILES string of the molecule is CCCCOc1ccc(NC(=O)[C@@H]2CC(=O)N/C(=N\N=C(\C)c3ccc(OC)cc3)S2)cc1. The summed E-state index contributed by atoms with van der Waals surface area (Å²) in [5.74, 6) is 0.968. The molecule has 2 amide bonds. The van der Waals surface area contributed by atoms with Crippen LogP contribution < -0.4 is 20.1 Å². The molecule has 2 N–H and O–H groups in total. The highest BCUT2D eigenvalue weighted by Crippen LogP contribution is 2.23. The normalized spacial score (nSPS) is 17.4. The molecule has 33 heavy (non-hydrogen) atoms. The quantitative estimate of drug-likeness (QED) is 0.326. The van der Waals surface area contributed by atoms with Crippen molar-refractivity contribution in [2.24, 2.45) is 10.2 Å². The zero-order valence-corrected chi connectivity index (χ0v) is 19.8. The molecule has 1 aliphatic rings. The second-order valence-corrected chi connectivity index (χ2v) is 8.58. The van der Waals surface area contributed by atoms with Gasteiger partial charge in [-0.2, -0.15) is 5.10 Å². The number of rotatable bonds is 9. The molecule has 1 atom stereocenters. The summed E-state index contributed by atoms with van der Waals surface area (Å²) in [5.41, 5.74) is 2.19. The molecule has 1 saturated heterocycles. The Kier molecular flexibility index (Phi) is 8.88. The third-order valence-electron chi connectivity index (χ3n) is 4.85. The number of anilines is 1. The van der Waals surface area contributed by atoms with Crippen molar-refractivity contribution >= 4 is 40.1 Å². The third kappa shape index (κ3) is 7.35. The Hall–Kier alpha value is -3.33. The Morgan fingerprint density at radius 3 is 2.52 bits per heavy atom. The predicted octanol–water partition coefficient (Wildman–Crippen LogP) is 4.21. The van der Waals surface area contributed by atoms with Gasteiger partial charge in [-0.05, 0) is 67.4 Å². The number of amides is 2. The lowest BCUT2D eigenvalue weighted by Gasteiger charge is -2.21. The van der Waals surface area contributed by atoms with E-state index in [0.717, 1.165) is 29.9 Å². The van der Waals surface area contributed by atoms with E-state index in [1.54, 1.807) is 19.2 Å². The molecule has 1 heterocycles. The number of unbranched alkanes of at least 4 members (excludes halogenated alkanes) is 1. The smallest absolute Gasteiger partial charge is 0.238 e. The number of nitrogens with zero attached hydrogens (tertiary/aromatic N) is 2. The molecule has 0 aromatic heterocycles. The van der Waals surface area contributed by atoms with E-state index in [9.17, 15) is 9.59 Å². The van der Waals surface area contributed by atoms with Crippen molar-refractivity contribution in [3.63, 3.8) is 0 Å². The monoisotopic (exact) mass is 468 g/mol. The number of ether oxygens (including phenoxy) is 2. The van der Waals surface area contributed by atoms with Crippen LogP contribution in [0.5, 0.6) is 11.5 Å². The Morgan fingerprint density at radius 1 is 1.15 bits per heavy atom. The lowest BCUT2D eigenvalue weighted by molar-refractivity contribution is -0.123. The van der Waals surface area contributed by atoms with Gasteiger partial charge < -0.3 is 20.1 Å². The first-order valence-electron chi connectivity index (χ1n) is 10.8. The van der Waals surface area contributed by atoms with Gasteiger partial charge in [-0.15, -0.1) is 5.10 Å². The summed E-state index contributed by atoms with van der Waals surface area (Å²) < 4.78 is 10.8. The first-order valence-corrected chi connectivity index (χ1v) is 11.6. The molecule has 1 fully saturated rings. The first kappa shape index (κ1) is 24.3. The molecule has 0 spiro atoms. The highest BCUT2D eigenvalue weighted by molar-refractivity contribution is 8.15. The molecule has 1 aliphatic heterocycles. The van der Waals surface area contributed by atoms with E-state index in [0.29, 0.717) is 23.2 Å². The van der Waals surface area contributed by atoms with Gasteiger partial charge in [0.25, 0.3) is 0 Å². The molecule has 0 radical (unpaired) electrons. The third-order valence-corrected chi connectivity index (χ3v) is 5.92. The number of carbonyl (C=O) groups excluding carboxylic acids is 2. The van der Waals surface area contributed by atoms with Crippen LogP contribution in [0.3, 0.4) is 0 Å². The van der Waals surface area contributed by atoms with Gasteiger partial charge in [-0.25, -0.2) is 0 Å². The van der Waals surface area contributed by atoms with Crippen LogP contribution in [0, 0.1) is 0 Å². The molecule has 3 rings (SSSR count). The fraction of sp³-hybridized carbons (Fsp3) is 0.333. The van der Waals surface area contributed by atoms with Gasteiger partial charge in [0.15, 0.2) is 5.17 Å². The molecular weight excluding hydrogens is 440 g/mol. The van der Waals surface area contributed by atoms with Crippen LogP contribution in [0.4, 0.5) is 5.69 Å². The highest BCUT2D eigenvalue weighted by atomic mass is 32.2. The molecule has 0 saturated carbocycles. The van der Waals surface area contributed by atoms with Crippen molar-refractivity contribution in [2.75, 3.05) is 19.0 Å². The van der Waals surface area contributed by atoms with E-state index < -0.39 is 5.25 Å². The van der Waals surface area contributed by atoms with Gasteiger partial charge in [-0.1, -0.05) is 25.1 Å². The van der Waals surface area contributed by atoms with Crippen LogP contribution >= 0.6 is 11.8 Å². The maximum atomic E-state index is 12.7. The summed E-state index contributed by atoms with van der Waals surface area (Å²) in [5, 5.41) is 13.6. The van der Waals surface area contributed by atoms with Crippen LogP contribution in [-0.2, 0) is 9.59 Å². The van der Waals surface area contributed by atoms with Gasteiger partial charge in [0, 0.05) is 12.1 Å². The second-order valence-electron chi connectivity index (χ2n) is 7.39. The minimum Gasteiger partial charge on any atom is -0.497 e. The molecule has 0 unspecified atom stereocenters. The summed E-state index contributed by atoms with van der Waals surface area (Å²) in [7, 11) is 1.61. The summed E-state index contributed by atoms with van der Waals surface area (Å²) in [6.45, 7) is 4.59. The predicted molar refractivity (Wildman–Crippen MR) is 132 cm³/mol. The average molecular weight is 469 g/mol. The Balaban J connectivity index is 1.60. The Morgan fingerprint density at radius 2 is 1.85 bits per heavy atom. The van der Waals surface area contributed by atoms with Crippen LogP contribution in [-0.4, -0.2) is 41.7 Å². The van der Waals surface area contributed by atoms with E-state index in [1.165, 1.54) is 11.8 Å². The van der Waals surface area contributed by atoms with Gasteiger partial charge in [-0.3, -0.25) is 9.59 Å². The number of benzene rings is 2. The molecule has 0 bridgehead atoms. The molecule has 174 valence electrons. The van der Waals surface area contributed by atoms with Gasteiger partial charge in [0.2, 0.25) is 11.8 Å². The standard InChI is InChI=1S/C24H28N4O4S/c1-4-5-14-32-20-12-8-18(9-13-20)25-23(30)21-15-22(29)26-24(33-21)28-27-16(2)17-6-10-19(31-3)11-7-17/h6-13,21H,4-5,14-15H2,1-3H3,(H,25,30)(H,26,28,29)/b27-16-/t21-/m0/s1. The van der Waals surface area contributed by atoms with Gasteiger partial charge in [0.05, 0.1) is 19.4 Å². The molecular formula is C24H28N4O4S. The maximum Gasteiger partial charge on any atom is 0.238 e. The number of thioether (sulfide) groups is 1. The van der Waals surface area contributed by atoms with E-state index in [-0.39, 0.29) is 18.2 Å². The molecule has 8 nitrogen and oxygen atoms in total. The number of methoxy groups -OCH3 is 1. The molecule has 2 aromatic carbocycles. The van der Waals surface area contributed by atoms with Crippen molar-refractivity contribution in [1.82, 2.24) is 5.32 Å². The minimum absolute atomic E-state index is 0.0644. The van der Waals surface area contributed by atoms with Gasteiger partial charge in [0.1, 0.15) is 16.7 Å². The summed E-state index contributed by atoms with van der Waals surface area (Å²) in [6.07, 6.45) is 2.13. The largest absolute Gasteiger partial charge is 0.497 e. The fourth-order valence-electron chi connectivity index (χ4n) is 2.94. The van der Waals surface area contributed by atoms with E-state index >= 15 is 0 Å². The van der Waals surface area contributed by atoms with Crippen molar-refractivity contribution in [2.45, 2.75) is 38.4 Å². The van der Waals surface area contributed by atoms with Crippen LogP contribution in [0.15, 0.2) is 58.7 Å². The Labute approximate surface area is 197 Å². The highest BCUT2D eigenvalue weighted by Gasteiger charge is 2.30. The number of nitrogens with one attached hydrogen (secondary N) is 2. The summed E-state index contributed by atoms with van der Waals surface area (Å²) >= 11 is 1.18. The van der Waals surface area contributed by atoms with E-state index in [4.69, 9.17) is 9.47 Å². The van der Waals surface area contributed by atoms with E-state index in [2.05, 4.69) is 27.8 Å². The number of hydrogen-bond donors (Lipinski definition) is 2.